The Morgan fingerprint density at radius 2 is 0.589 bits per heavy atom. The Bertz CT molecular complexity index is 8370. The van der Waals surface area contributed by atoms with Gasteiger partial charge < -0.3 is 27.0 Å². The minimum Gasteiger partial charge on any atom is -0.456 e. The zero-order valence-electron chi connectivity index (χ0n) is 66.9. The maximum Gasteiger partial charge on any atom is 0.498 e. The highest BCUT2D eigenvalue weighted by molar-refractivity contribution is 7.26. The molecule has 16 nitrogen and oxygen atoms in total. The molecule has 20 heteroatoms. The third kappa shape index (κ3) is 12.7. The fourth-order valence-electron chi connectivity index (χ4n) is 16.8. The van der Waals surface area contributed by atoms with E-state index in [0.717, 1.165) is 142 Å². The summed E-state index contributed by atoms with van der Waals surface area (Å²) in [7, 11) is -0.540. The van der Waals surface area contributed by atoms with E-state index in [1.165, 1.54) is 30.9 Å². The molecule has 0 spiro atoms. The number of aromatic nitrogens is 10. The topological polar surface area (TPSA) is 200 Å². The molecule has 0 atom stereocenters. The van der Waals surface area contributed by atoms with E-state index in [4.69, 9.17) is 78.5 Å². The van der Waals surface area contributed by atoms with Crippen molar-refractivity contribution in [2.24, 2.45) is 0 Å². The highest BCUT2D eigenvalue weighted by atomic mass is 35.5. The van der Waals surface area contributed by atoms with Crippen molar-refractivity contribution in [1.82, 2.24) is 49.8 Å². The number of halogens is 1. The maximum absolute atomic E-state index is 6.79. The fraction of sp³-hybridized carbons (Fsp3) is 0.0577. The highest BCUT2D eigenvalue weighted by Gasteiger charge is 2.52. The van der Waals surface area contributed by atoms with Gasteiger partial charge in [0.15, 0.2) is 51.9 Å². The van der Waals surface area contributed by atoms with Gasteiger partial charge in [0, 0.05) is 123 Å². The Morgan fingerprint density at radius 3 is 1.09 bits per heavy atom. The molecule has 11 heterocycles. The summed E-state index contributed by atoms with van der Waals surface area (Å²) in [5.41, 5.74) is 16.9. The molecule has 1 saturated heterocycles. The predicted octanol–water partition coefficient (Wildman–Crippen LogP) is 27.3. The van der Waals surface area contributed by atoms with Crippen LogP contribution in [-0.2, 0) is 9.31 Å². The number of para-hydroxylation sites is 4. The zero-order valence-corrected chi connectivity index (χ0v) is 69.3. The first-order chi connectivity index (χ1) is 60.8. The van der Waals surface area contributed by atoms with Crippen molar-refractivity contribution in [3.63, 3.8) is 0 Å². The number of fused-ring (bicyclic) bond motifs is 18. The van der Waals surface area contributed by atoms with Crippen LogP contribution in [0.2, 0.25) is 5.28 Å². The van der Waals surface area contributed by atoms with Gasteiger partial charge in [-0.05, 0) is 106 Å². The summed E-state index contributed by atoms with van der Waals surface area (Å²) in [4.78, 5) is 49.4. The lowest BCUT2D eigenvalue weighted by Gasteiger charge is -2.32. The van der Waals surface area contributed by atoms with Crippen LogP contribution >= 0.6 is 34.3 Å². The Labute approximate surface area is 721 Å². The second-order valence-electron chi connectivity index (χ2n) is 31.5. The molecule has 590 valence electrons. The summed E-state index contributed by atoms with van der Waals surface area (Å²) in [6, 6.07) is 110. The molecule has 0 aliphatic carbocycles. The molecule has 0 radical (unpaired) electrons. The zero-order chi connectivity index (χ0) is 82.9. The van der Waals surface area contributed by atoms with Crippen molar-refractivity contribution in [3.05, 3.63) is 333 Å². The summed E-state index contributed by atoms with van der Waals surface area (Å²) < 4.78 is 43.6. The van der Waals surface area contributed by atoms with Gasteiger partial charge in [-0.1, -0.05) is 261 Å². The molecular weight excluding hydrogens is 1600 g/mol. The first kappa shape index (κ1) is 74.2. The SMILES string of the molecule is CC1(C)OB(c2cccc3c2oc2cccc(-c4nc(-c5ccccc5)c5oc6ccccc6c5n4)c23)OC1(C)C.Clc1nc(-c2ccccc2)nc(-c2cccc3c2sc2ccccc23)n1.c1ccc(-c2nc(-c3cccc4c3oc3cccc(-c5nc(-c6ccccc6)c6oc7ccccc7c6n5)c34)nc(-c3cccc4c3sc3ccccc34)n2)cc1. The molecule has 24 aromatic rings. The predicted molar refractivity (Wildman–Crippen MR) is 502 cm³/mol. The van der Waals surface area contributed by atoms with E-state index < -0.39 is 18.3 Å². The van der Waals surface area contributed by atoms with Crippen LogP contribution in [0.4, 0.5) is 0 Å². The lowest BCUT2D eigenvalue weighted by Crippen LogP contribution is -2.41. The van der Waals surface area contributed by atoms with Crippen molar-refractivity contribution >= 4 is 175 Å². The Balaban J connectivity index is 0.000000116. The molecule has 0 amide bonds. The van der Waals surface area contributed by atoms with Crippen LogP contribution < -0.4 is 5.46 Å². The van der Waals surface area contributed by atoms with Crippen molar-refractivity contribution in [2.45, 2.75) is 38.9 Å². The smallest absolute Gasteiger partial charge is 0.456 e. The average molecular weight is 1660 g/mol. The lowest BCUT2D eigenvalue weighted by atomic mass is 9.78. The number of rotatable bonds is 10. The Hall–Kier alpha value is -14.8. The molecule has 0 bridgehead atoms. The Morgan fingerprint density at radius 1 is 0.258 bits per heavy atom. The molecular formula is C104H66BClN10O6S2. The van der Waals surface area contributed by atoms with Crippen LogP contribution in [0.5, 0.6) is 0 Å². The van der Waals surface area contributed by atoms with Gasteiger partial charge in [-0.15, -0.1) is 22.7 Å². The molecule has 1 fully saturated rings. The number of benzene rings is 14. The molecule has 0 unspecified atom stereocenters. The van der Waals surface area contributed by atoms with Gasteiger partial charge in [0.1, 0.15) is 55.9 Å². The third-order valence-electron chi connectivity index (χ3n) is 23.4. The van der Waals surface area contributed by atoms with Crippen LogP contribution in [0.3, 0.4) is 0 Å². The van der Waals surface area contributed by atoms with Gasteiger partial charge in [0.05, 0.1) is 16.8 Å². The van der Waals surface area contributed by atoms with Crippen LogP contribution in [0.1, 0.15) is 27.7 Å². The van der Waals surface area contributed by atoms with Gasteiger partial charge in [-0.25, -0.2) is 39.9 Å². The van der Waals surface area contributed by atoms with E-state index >= 15 is 0 Å². The second-order valence-corrected chi connectivity index (χ2v) is 33.9. The number of hydrogen-bond donors (Lipinski definition) is 0. The number of nitrogens with zero attached hydrogens (tertiary/aromatic N) is 10. The second kappa shape index (κ2) is 29.8. The van der Waals surface area contributed by atoms with Gasteiger partial charge in [0.2, 0.25) is 5.28 Å². The van der Waals surface area contributed by atoms with Crippen LogP contribution in [0.15, 0.2) is 345 Å². The van der Waals surface area contributed by atoms with Gasteiger partial charge in [-0.3, -0.25) is 0 Å². The summed E-state index contributed by atoms with van der Waals surface area (Å²) in [6.07, 6.45) is 0. The molecule has 14 aromatic carbocycles. The molecule has 1 aliphatic rings. The molecule has 1 aliphatic heterocycles. The molecule has 0 N–H and O–H groups in total. The highest BCUT2D eigenvalue weighted by Crippen LogP contribution is 2.48. The van der Waals surface area contributed by atoms with E-state index in [9.17, 15) is 0 Å². The average Bonchev–Trinajstić information content (AvgIpc) is 1.57. The number of hydrogen-bond acceptors (Lipinski definition) is 18. The van der Waals surface area contributed by atoms with E-state index in [2.05, 4.69) is 135 Å². The van der Waals surface area contributed by atoms with Crippen LogP contribution in [0.25, 0.3) is 231 Å². The first-order valence-corrected chi connectivity index (χ1v) is 42.7. The van der Waals surface area contributed by atoms with Crippen molar-refractivity contribution < 1.29 is 27.0 Å². The van der Waals surface area contributed by atoms with E-state index in [0.29, 0.717) is 63.1 Å². The summed E-state index contributed by atoms with van der Waals surface area (Å²) >= 11 is 9.72. The third-order valence-corrected chi connectivity index (χ3v) is 26.0. The fourth-order valence-corrected chi connectivity index (χ4v) is 19.4. The minimum absolute atomic E-state index is 0.201. The van der Waals surface area contributed by atoms with Crippen LogP contribution in [0, 0.1) is 0 Å². The van der Waals surface area contributed by atoms with E-state index in [-0.39, 0.29) is 5.28 Å². The maximum atomic E-state index is 6.79. The molecule has 25 rings (SSSR count). The van der Waals surface area contributed by atoms with Crippen LogP contribution in [-0.4, -0.2) is 68.2 Å². The number of thiophene rings is 2. The number of furan rings is 4. The van der Waals surface area contributed by atoms with E-state index in [1.54, 1.807) is 22.7 Å². The Kier molecular flexibility index (Phi) is 17.8. The normalized spacial score (nSPS) is 13.2. The first-order valence-electron chi connectivity index (χ1n) is 40.7. The summed E-state index contributed by atoms with van der Waals surface area (Å²) in [5.74, 6) is 4.09. The van der Waals surface area contributed by atoms with Crippen molar-refractivity contribution in [3.8, 4) is 102 Å². The quantitative estimate of drug-likeness (QED) is 0.117. The standard InChI is InChI=1S/C49H27N5O2S.C34H27BN2O4.C21H12ClN3S/c1-3-14-28(15-4-1)41-44-42(32-19-7-9-25-37(32)55-44)51-47(50-41)34-22-13-26-38-40(34)33-21-12-23-35(43(33)56-38)48-52-46(29-16-5-2-6-17-29)53-49(54-48)36-24-11-20-31-30-18-8-10-27-39(30)57-45(31)36;1-33(2)34(3,4)41-35(40-33)24-17-10-15-22-27-23(16-11-19-26(27)39-30(22)24)32-36-28(20-12-6-5-7-13-20)31-29(37-32)21-14-8-9-18-25(21)38-31;22-21-24-19(13-7-2-1-3-8-13)23-20(25-21)16-11-6-10-15-14-9-4-5-12-17(14)26-18(15)16/h1-27H;5-19H,1-4H3;1-12H. The van der Waals surface area contributed by atoms with E-state index in [1.807, 2.05) is 231 Å². The van der Waals surface area contributed by atoms with Gasteiger partial charge in [0.25, 0.3) is 0 Å². The molecule has 0 saturated carbocycles. The van der Waals surface area contributed by atoms with Crippen molar-refractivity contribution in [1.29, 1.82) is 0 Å². The largest absolute Gasteiger partial charge is 0.498 e. The lowest BCUT2D eigenvalue weighted by molar-refractivity contribution is 0.00578. The summed E-state index contributed by atoms with van der Waals surface area (Å²) in [6.45, 7) is 8.23. The minimum atomic E-state index is -0.540. The molecule has 124 heavy (non-hydrogen) atoms. The van der Waals surface area contributed by atoms with Gasteiger partial charge in [-0.2, -0.15) is 9.97 Å². The van der Waals surface area contributed by atoms with Crippen molar-refractivity contribution in [2.75, 3.05) is 0 Å². The summed E-state index contributed by atoms with van der Waals surface area (Å²) in [5, 5.41) is 10.7. The monoisotopic (exact) mass is 1660 g/mol. The molecule has 10 aromatic heterocycles. The van der Waals surface area contributed by atoms with Gasteiger partial charge >= 0.3 is 7.12 Å².